The van der Waals surface area contributed by atoms with Crippen LogP contribution in [0.2, 0.25) is 4.34 Å². The number of hydrogen-bond donors (Lipinski definition) is 2. The number of esters is 1. The topological polar surface area (TPSA) is 67.4 Å². The second-order valence-electron chi connectivity index (χ2n) is 6.83. The molecule has 2 aromatic rings. The number of Topliss-reactive ketones (excluding diaryl/α,β-unsaturated/α-hetero) is 1. The number of fused-ring (bicyclic) bond motifs is 1. The van der Waals surface area contributed by atoms with Crippen LogP contribution in [0.25, 0.3) is 0 Å². The largest absolute Gasteiger partial charge is 0.468 e. The van der Waals surface area contributed by atoms with Crippen molar-refractivity contribution in [3.8, 4) is 0 Å². The van der Waals surface area contributed by atoms with Gasteiger partial charge in [-0.05, 0) is 36.6 Å². The SMILES string of the molecule is COC(=O)[C@@H]1C(=O)C2=C(C[C@H]1C)Nc1ccccc1N[C@H]2c1ccc(Cl)s1. The Bertz CT molecular complexity index is 952. The Hall–Kier alpha value is -2.31. The number of anilines is 2. The average Bonchev–Trinajstić information content (AvgIpc) is 3.00. The number of methoxy groups -OCH3 is 1. The first kappa shape index (κ1) is 18.1. The maximum absolute atomic E-state index is 13.4. The summed E-state index contributed by atoms with van der Waals surface area (Å²) >= 11 is 7.58. The van der Waals surface area contributed by atoms with Crippen LogP contribution in [0.3, 0.4) is 0 Å². The summed E-state index contributed by atoms with van der Waals surface area (Å²) in [7, 11) is 1.32. The van der Waals surface area contributed by atoms with Crippen LogP contribution in [0.5, 0.6) is 0 Å². The quantitative estimate of drug-likeness (QED) is 0.566. The highest BCUT2D eigenvalue weighted by Crippen LogP contribution is 2.45. The van der Waals surface area contributed by atoms with E-state index in [0.717, 1.165) is 21.9 Å². The third-order valence-electron chi connectivity index (χ3n) is 5.10. The number of halogens is 1. The number of allylic oxidation sites excluding steroid dienone is 1. The molecule has 2 heterocycles. The van der Waals surface area contributed by atoms with Crippen molar-refractivity contribution in [2.24, 2.45) is 11.8 Å². The molecule has 0 fully saturated rings. The summed E-state index contributed by atoms with van der Waals surface area (Å²) in [6, 6.07) is 11.2. The predicted molar refractivity (Wildman–Crippen MR) is 107 cm³/mol. The van der Waals surface area contributed by atoms with Crippen molar-refractivity contribution in [2.45, 2.75) is 19.4 Å². The molecule has 0 radical (unpaired) electrons. The zero-order valence-electron chi connectivity index (χ0n) is 14.9. The summed E-state index contributed by atoms with van der Waals surface area (Å²) in [4.78, 5) is 26.6. The van der Waals surface area contributed by atoms with E-state index in [-0.39, 0.29) is 17.7 Å². The number of hydrogen-bond acceptors (Lipinski definition) is 6. The lowest BCUT2D eigenvalue weighted by Gasteiger charge is -2.32. The van der Waals surface area contributed by atoms with E-state index >= 15 is 0 Å². The first-order valence-corrected chi connectivity index (χ1v) is 9.92. The fourth-order valence-corrected chi connectivity index (χ4v) is 4.95. The summed E-state index contributed by atoms with van der Waals surface area (Å²) in [6.07, 6.45) is 0.590. The molecule has 3 atom stereocenters. The molecule has 2 N–H and O–H groups in total. The molecular formula is C20H19ClN2O3S. The van der Waals surface area contributed by atoms with Crippen molar-refractivity contribution in [1.82, 2.24) is 0 Å². The first-order chi connectivity index (χ1) is 13.0. The minimum Gasteiger partial charge on any atom is -0.468 e. The van der Waals surface area contributed by atoms with Gasteiger partial charge in [-0.25, -0.2) is 0 Å². The molecule has 5 nitrogen and oxygen atoms in total. The number of thiophene rings is 1. The van der Waals surface area contributed by atoms with Crippen LogP contribution in [0.15, 0.2) is 47.7 Å². The number of carbonyl (C=O) groups excluding carboxylic acids is 2. The maximum atomic E-state index is 13.4. The number of carbonyl (C=O) groups is 2. The van der Waals surface area contributed by atoms with E-state index in [1.807, 2.05) is 43.3 Å². The van der Waals surface area contributed by atoms with Gasteiger partial charge < -0.3 is 15.4 Å². The fourth-order valence-electron chi connectivity index (χ4n) is 3.83. The maximum Gasteiger partial charge on any atom is 0.316 e. The average molecular weight is 403 g/mol. The van der Waals surface area contributed by atoms with Crippen LogP contribution < -0.4 is 10.6 Å². The molecule has 1 aliphatic heterocycles. The van der Waals surface area contributed by atoms with Gasteiger partial charge in [0.15, 0.2) is 5.78 Å². The van der Waals surface area contributed by atoms with E-state index in [4.69, 9.17) is 16.3 Å². The Balaban J connectivity index is 1.86. The Labute approximate surface area is 166 Å². The first-order valence-electron chi connectivity index (χ1n) is 8.72. The van der Waals surface area contributed by atoms with Crippen molar-refractivity contribution >= 4 is 46.1 Å². The third kappa shape index (κ3) is 3.13. The Morgan fingerprint density at radius 1 is 1.22 bits per heavy atom. The van der Waals surface area contributed by atoms with Gasteiger partial charge in [-0.1, -0.05) is 30.7 Å². The van der Waals surface area contributed by atoms with Crippen molar-refractivity contribution < 1.29 is 14.3 Å². The van der Waals surface area contributed by atoms with Crippen molar-refractivity contribution in [2.75, 3.05) is 17.7 Å². The van der Waals surface area contributed by atoms with Gasteiger partial charge in [0.05, 0.1) is 28.9 Å². The molecule has 0 unspecified atom stereocenters. The van der Waals surface area contributed by atoms with Gasteiger partial charge in [-0.3, -0.25) is 9.59 Å². The molecular weight excluding hydrogens is 384 g/mol. The number of ketones is 1. The van der Waals surface area contributed by atoms with E-state index in [2.05, 4.69) is 10.6 Å². The van der Waals surface area contributed by atoms with E-state index in [1.165, 1.54) is 18.4 Å². The summed E-state index contributed by atoms with van der Waals surface area (Å²) < 4.78 is 5.56. The molecule has 0 amide bonds. The van der Waals surface area contributed by atoms with Gasteiger partial charge in [0.25, 0.3) is 0 Å². The van der Waals surface area contributed by atoms with Gasteiger partial charge >= 0.3 is 5.97 Å². The minimum absolute atomic E-state index is 0.144. The highest BCUT2D eigenvalue weighted by molar-refractivity contribution is 7.16. The molecule has 1 aromatic heterocycles. The van der Waals surface area contributed by atoms with Crippen LogP contribution in [0, 0.1) is 11.8 Å². The van der Waals surface area contributed by atoms with E-state index in [0.29, 0.717) is 16.3 Å². The molecule has 1 aromatic carbocycles. The Morgan fingerprint density at radius 2 is 1.96 bits per heavy atom. The van der Waals surface area contributed by atoms with Gasteiger partial charge in [0.1, 0.15) is 5.92 Å². The summed E-state index contributed by atoms with van der Waals surface area (Å²) in [5.41, 5.74) is 3.24. The second-order valence-corrected chi connectivity index (χ2v) is 8.58. The lowest BCUT2D eigenvalue weighted by atomic mass is 9.75. The van der Waals surface area contributed by atoms with E-state index in [9.17, 15) is 9.59 Å². The van der Waals surface area contributed by atoms with Gasteiger partial charge in [0, 0.05) is 16.1 Å². The van der Waals surface area contributed by atoms with Crippen LogP contribution in [-0.4, -0.2) is 18.9 Å². The number of rotatable bonds is 2. The standard InChI is InChI=1S/C20H19ClN2O3S/c1-10-9-13-17(19(24)16(10)20(25)26-2)18(14-7-8-15(21)27-14)23-12-6-4-3-5-11(12)22-13/h3-8,10,16,18,22-23H,9H2,1-2H3/t10-,16+,18+/m1/s1. The highest BCUT2D eigenvalue weighted by atomic mass is 35.5. The lowest BCUT2D eigenvalue weighted by Crippen LogP contribution is -2.39. The number of para-hydroxylation sites is 2. The molecule has 0 saturated carbocycles. The number of nitrogens with one attached hydrogen (secondary N) is 2. The van der Waals surface area contributed by atoms with E-state index < -0.39 is 11.9 Å². The van der Waals surface area contributed by atoms with Crippen molar-refractivity contribution in [3.05, 3.63) is 56.9 Å². The lowest BCUT2D eigenvalue weighted by molar-refractivity contribution is -0.151. The fraction of sp³-hybridized carbons (Fsp3) is 0.300. The zero-order valence-corrected chi connectivity index (χ0v) is 16.5. The Kier molecular flexibility index (Phi) is 4.70. The molecule has 140 valence electrons. The summed E-state index contributed by atoms with van der Waals surface area (Å²) in [5.74, 6) is -1.62. The minimum atomic E-state index is -0.795. The smallest absolute Gasteiger partial charge is 0.316 e. The monoisotopic (exact) mass is 402 g/mol. The van der Waals surface area contributed by atoms with Crippen molar-refractivity contribution in [1.29, 1.82) is 0 Å². The molecule has 27 heavy (non-hydrogen) atoms. The van der Waals surface area contributed by atoms with Gasteiger partial charge in [-0.2, -0.15) is 0 Å². The van der Waals surface area contributed by atoms with E-state index in [1.54, 1.807) is 0 Å². The molecule has 1 aliphatic carbocycles. The molecule has 4 rings (SSSR count). The number of ether oxygens (including phenoxy) is 1. The molecule has 0 bridgehead atoms. The Morgan fingerprint density at radius 3 is 2.63 bits per heavy atom. The van der Waals surface area contributed by atoms with Crippen molar-refractivity contribution in [3.63, 3.8) is 0 Å². The number of benzene rings is 1. The second kappa shape index (κ2) is 7.02. The summed E-state index contributed by atoms with van der Waals surface area (Å²) in [6.45, 7) is 1.91. The van der Waals surface area contributed by atoms with Gasteiger partial charge in [-0.15, -0.1) is 11.3 Å². The van der Waals surface area contributed by atoms with Crippen LogP contribution in [-0.2, 0) is 14.3 Å². The molecule has 0 saturated heterocycles. The summed E-state index contributed by atoms with van der Waals surface area (Å²) in [5, 5.41) is 6.89. The van der Waals surface area contributed by atoms with Gasteiger partial charge in [0.2, 0.25) is 0 Å². The van der Waals surface area contributed by atoms with Crippen LogP contribution >= 0.6 is 22.9 Å². The molecule has 0 spiro atoms. The third-order valence-corrected chi connectivity index (χ3v) is 6.40. The van der Waals surface area contributed by atoms with Crippen LogP contribution in [0.1, 0.15) is 24.3 Å². The molecule has 7 heteroatoms. The highest BCUT2D eigenvalue weighted by Gasteiger charge is 2.44. The predicted octanol–water partition coefficient (Wildman–Crippen LogP) is 4.63. The normalized spacial score (nSPS) is 24.3. The van der Waals surface area contributed by atoms with Crippen LogP contribution in [0.4, 0.5) is 11.4 Å². The zero-order chi connectivity index (χ0) is 19.1. The molecule has 2 aliphatic rings.